The zero-order chi connectivity index (χ0) is 31.0. The molecular weight excluding hydrogens is 552 g/mol. The fourth-order valence-electron chi connectivity index (χ4n) is 5.50. The molecule has 0 N–H and O–H groups in total. The van der Waals surface area contributed by atoms with Crippen molar-refractivity contribution in [1.82, 2.24) is 0 Å². The highest BCUT2D eigenvalue weighted by atomic mass is 32.3. The van der Waals surface area contributed by atoms with Crippen molar-refractivity contribution in [2.24, 2.45) is 5.41 Å². The maximum atomic E-state index is 11.2. The molecule has 0 aliphatic carbocycles. The first kappa shape index (κ1) is 41.8. The van der Waals surface area contributed by atoms with Crippen LogP contribution in [0.2, 0.25) is 0 Å². The minimum Gasteiger partial charge on any atom is -0.726 e. The van der Waals surface area contributed by atoms with Crippen molar-refractivity contribution in [3.8, 4) is 0 Å². The highest BCUT2D eigenvalue weighted by molar-refractivity contribution is 7.80. The van der Waals surface area contributed by atoms with Crippen LogP contribution in [-0.2, 0) is 28.8 Å². The second kappa shape index (κ2) is 30.8. The summed E-state index contributed by atoms with van der Waals surface area (Å²) in [5, 5.41) is 0. The summed E-state index contributed by atoms with van der Waals surface area (Å²) in [6.07, 6.45) is 29.1. The van der Waals surface area contributed by atoms with Gasteiger partial charge in [0.05, 0.1) is 19.8 Å². The Bertz CT molecular complexity index is 610. The quantitative estimate of drug-likeness (QED) is 0.0395. The second-order valence-electron chi connectivity index (χ2n) is 12.4. The highest BCUT2D eigenvalue weighted by Gasteiger charge is 2.32. The molecule has 254 valence electrons. The Morgan fingerprint density at radius 2 is 0.881 bits per heavy atom. The molecule has 0 fully saturated rings. The van der Waals surface area contributed by atoms with Crippen molar-refractivity contribution in [3.63, 3.8) is 0 Å². The maximum absolute atomic E-state index is 11.2. The summed E-state index contributed by atoms with van der Waals surface area (Å²) in [6.45, 7) is 7.31. The Labute approximate surface area is 261 Å². The third-order valence-electron chi connectivity index (χ3n) is 8.15. The van der Waals surface area contributed by atoms with Crippen LogP contribution in [-0.4, -0.2) is 59.7 Å². The zero-order valence-electron chi connectivity index (χ0n) is 28.0. The average Bonchev–Trinajstić information content (AvgIpc) is 2.96. The second-order valence-corrected chi connectivity index (χ2v) is 13.5. The summed E-state index contributed by atoms with van der Waals surface area (Å²) >= 11 is 0. The van der Waals surface area contributed by atoms with Crippen molar-refractivity contribution in [2.75, 3.05) is 46.8 Å². The molecule has 0 aromatic heterocycles. The number of rotatable bonds is 35. The summed E-state index contributed by atoms with van der Waals surface area (Å²) < 4.78 is 55.6. The molecule has 0 rings (SSSR count). The summed E-state index contributed by atoms with van der Waals surface area (Å²) in [4.78, 5) is 0. The van der Waals surface area contributed by atoms with Crippen LogP contribution in [0.1, 0.15) is 168 Å². The van der Waals surface area contributed by atoms with Crippen LogP contribution in [0.4, 0.5) is 0 Å². The Morgan fingerprint density at radius 1 is 0.500 bits per heavy atom. The average molecular weight is 622 g/mol. The molecule has 8 heteroatoms. The molecule has 0 saturated carbocycles. The van der Waals surface area contributed by atoms with Crippen LogP contribution >= 0.6 is 0 Å². The topological polar surface area (TPSA) is 94.1 Å². The van der Waals surface area contributed by atoms with Crippen LogP contribution in [0.5, 0.6) is 0 Å². The van der Waals surface area contributed by atoms with E-state index in [0.717, 1.165) is 58.2 Å². The lowest BCUT2D eigenvalue weighted by Gasteiger charge is -2.33. The monoisotopic (exact) mass is 621 g/mol. The van der Waals surface area contributed by atoms with Crippen LogP contribution in [0.15, 0.2) is 0 Å². The molecule has 0 aliphatic heterocycles. The first-order valence-electron chi connectivity index (χ1n) is 17.6. The summed E-state index contributed by atoms with van der Waals surface area (Å²) in [5.74, 6) is 0. The van der Waals surface area contributed by atoms with Crippen LogP contribution in [0.3, 0.4) is 0 Å². The number of methoxy groups -OCH3 is 1. The van der Waals surface area contributed by atoms with E-state index in [2.05, 4.69) is 13.8 Å². The molecule has 0 aromatic carbocycles. The van der Waals surface area contributed by atoms with Gasteiger partial charge >= 0.3 is 0 Å². The smallest absolute Gasteiger partial charge is 0.217 e. The lowest BCUT2D eigenvalue weighted by Crippen LogP contribution is -2.38. The number of ether oxygens (including phenoxy) is 3. The van der Waals surface area contributed by atoms with Crippen molar-refractivity contribution >= 4 is 10.4 Å². The molecule has 42 heavy (non-hydrogen) atoms. The lowest BCUT2D eigenvalue weighted by molar-refractivity contribution is -0.0411. The summed E-state index contributed by atoms with van der Waals surface area (Å²) in [7, 11) is -3.17. The maximum Gasteiger partial charge on any atom is 0.217 e. The third kappa shape index (κ3) is 29.8. The molecule has 1 atom stereocenters. The molecule has 0 unspecified atom stereocenters. The van der Waals surface area contributed by atoms with E-state index in [1.54, 1.807) is 7.11 Å². The number of hydrogen-bond donors (Lipinski definition) is 0. The van der Waals surface area contributed by atoms with Crippen molar-refractivity contribution in [1.29, 1.82) is 0 Å². The van der Waals surface area contributed by atoms with Crippen LogP contribution < -0.4 is 0 Å². The summed E-state index contributed by atoms with van der Waals surface area (Å²) in [6, 6.07) is 0. The van der Waals surface area contributed by atoms with Gasteiger partial charge in [-0.1, -0.05) is 142 Å². The van der Waals surface area contributed by atoms with Crippen molar-refractivity contribution < 1.29 is 31.4 Å². The fraction of sp³-hybridized carbons (Fsp3) is 1.00. The Balaban J connectivity index is 4.12. The van der Waals surface area contributed by atoms with E-state index in [1.165, 1.54) is 103 Å². The molecule has 0 spiro atoms. The molecule has 0 amide bonds. The first-order valence-corrected chi connectivity index (χ1v) is 19.0. The largest absolute Gasteiger partial charge is 0.726 e. The normalized spacial score (nSPS) is 13.5. The van der Waals surface area contributed by atoms with E-state index in [4.69, 9.17) is 18.4 Å². The minimum atomic E-state index is -4.77. The fourth-order valence-corrected chi connectivity index (χ4v) is 5.89. The van der Waals surface area contributed by atoms with Crippen LogP contribution in [0, 0.1) is 5.41 Å². The Hall–Kier alpha value is -0.250. The van der Waals surface area contributed by atoms with Crippen LogP contribution in [0.25, 0.3) is 0 Å². The van der Waals surface area contributed by atoms with E-state index in [-0.39, 0.29) is 6.61 Å². The van der Waals surface area contributed by atoms with Crippen molar-refractivity contribution in [2.45, 2.75) is 168 Å². The zero-order valence-corrected chi connectivity index (χ0v) is 28.8. The van der Waals surface area contributed by atoms with Gasteiger partial charge in [0.2, 0.25) is 10.4 Å². The van der Waals surface area contributed by atoms with E-state index < -0.39 is 15.8 Å². The Kier molecular flexibility index (Phi) is 30.6. The lowest BCUT2D eigenvalue weighted by atomic mass is 9.84. The van der Waals surface area contributed by atoms with E-state index >= 15 is 0 Å². The van der Waals surface area contributed by atoms with Gasteiger partial charge < -0.3 is 18.8 Å². The SMILES string of the molecule is CCCCCCCCCCCCCCOC[C@@](CCCCCCCCOCCCCCCC)(COC)COS(=O)(=O)[O-]. The molecular formula is C34H69O7S-. The van der Waals surface area contributed by atoms with Gasteiger partial charge in [-0.15, -0.1) is 0 Å². The van der Waals surface area contributed by atoms with Gasteiger partial charge in [0.25, 0.3) is 0 Å². The standard InChI is InChI=1S/C34H70O7S/c1-4-6-8-10-11-12-13-14-15-17-22-26-30-40-32-34(31-38-3,33-41-42(35,36)37)27-23-19-16-18-21-25-29-39-28-24-20-9-7-5-2/h4-33H2,1-3H3,(H,35,36,37)/p-1/t34-/m1/s1. The van der Waals surface area contributed by atoms with E-state index in [9.17, 15) is 13.0 Å². The molecule has 7 nitrogen and oxygen atoms in total. The van der Waals surface area contributed by atoms with Gasteiger partial charge in [-0.05, 0) is 25.7 Å². The van der Waals surface area contributed by atoms with Gasteiger partial charge in [0.15, 0.2) is 0 Å². The van der Waals surface area contributed by atoms with Gasteiger partial charge in [0, 0.05) is 32.3 Å². The number of hydrogen-bond acceptors (Lipinski definition) is 7. The third-order valence-corrected chi connectivity index (χ3v) is 8.55. The van der Waals surface area contributed by atoms with Crippen molar-refractivity contribution in [3.05, 3.63) is 0 Å². The number of unbranched alkanes of at least 4 members (excludes halogenated alkanes) is 20. The first-order chi connectivity index (χ1) is 20.4. The molecule has 0 heterocycles. The van der Waals surface area contributed by atoms with E-state index in [1.807, 2.05) is 0 Å². The van der Waals surface area contributed by atoms with Gasteiger partial charge in [0.1, 0.15) is 0 Å². The van der Waals surface area contributed by atoms with Gasteiger partial charge in [-0.2, -0.15) is 0 Å². The Morgan fingerprint density at radius 3 is 1.29 bits per heavy atom. The van der Waals surface area contributed by atoms with E-state index in [0.29, 0.717) is 26.2 Å². The minimum absolute atomic E-state index is 0.194. The van der Waals surface area contributed by atoms with Gasteiger partial charge in [-0.3, -0.25) is 4.18 Å². The molecule has 0 aliphatic rings. The summed E-state index contributed by atoms with van der Waals surface area (Å²) in [5.41, 5.74) is -0.631. The highest BCUT2D eigenvalue weighted by Crippen LogP contribution is 2.28. The molecule has 0 saturated heterocycles. The molecule has 0 bridgehead atoms. The predicted octanol–water partition coefficient (Wildman–Crippen LogP) is 9.53. The molecule has 0 radical (unpaired) electrons. The molecule has 0 aromatic rings. The predicted molar refractivity (Wildman–Crippen MR) is 174 cm³/mol. The van der Waals surface area contributed by atoms with Gasteiger partial charge in [-0.25, -0.2) is 8.42 Å².